The molecule has 0 fully saturated rings. The van der Waals surface area contributed by atoms with Crippen LogP contribution in [0.3, 0.4) is 0 Å². The first-order valence-electron chi connectivity index (χ1n) is 3.46. The van der Waals surface area contributed by atoms with Crippen molar-refractivity contribution in [2.24, 2.45) is 0 Å². The summed E-state index contributed by atoms with van der Waals surface area (Å²) in [5, 5.41) is 9.06. The van der Waals surface area contributed by atoms with Crippen molar-refractivity contribution in [1.82, 2.24) is 0 Å². The van der Waals surface area contributed by atoms with Crippen molar-refractivity contribution in [3.8, 4) is 6.07 Å². The summed E-state index contributed by atoms with van der Waals surface area (Å²) in [4.78, 5) is 11.0. The summed E-state index contributed by atoms with van der Waals surface area (Å²) in [5.41, 5.74) is 0.616. The highest BCUT2D eigenvalue weighted by molar-refractivity contribution is 6.43. The van der Waals surface area contributed by atoms with Gasteiger partial charge in [0, 0.05) is 5.56 Å². The van der Waals surface area contributed by atoms with E-state index in [-0.39, 0.29) is 21.4 Å². The van der Waals surface area contributed by atoms with Crippen LogP contribution in [0.15, 0.2) is 12.1 Å². The summed E-state index contributed by atoms with van der Waals surface area (Å²) in [6.45, 7) is 1.40. The molecule has 0 N–H and O–H groups in total. The van der Waals surface area contributed by atoms with E-state index in [1.54, 1.807) is 0 Å². The predicted octanol–water partition coefficient (Wildman–Crippen LogP) is 3.07. The Kier molecular flexibility index (Phi) is 2.92. The van der Waals surface area contributed by atoms with Gasteiger partial charge in [0.25, 0.3) is 0 Å². The Morgan fingerprint density at radius 1 is 1.46 bits per heavy atom. The van der Waals surface area contributed by atoms with Gasteiger partial charge in [-0.1, -0.05) is 23.2 Å². The Morgan fingerprint density at radius 3 is 2.54 bits per heavy atom. The van der Waals surface area contributed by atoms with Gasteiger partial charge in [-0.2, -0.15) is 5.26 Å². The van der Waals surface area contributed by atoms with Crippen molar-refractivity contribution in [3.63, 3.8) is 0 Å². The Labute approximate surface area is 85.7 Å². The second-order valence-electron chi connectivity index (χ2n) is 2.49. The van der Waals surface area contributed by atoms with E-state index in [9.17, 15) is 4.79 Å². The minimum atomic E-state index is -0.143. The van der Waals surface area contributed by atoms with Gasteiger partial charge < -0.3 is 0 Å². The molecule has 0 amide bonds. The molecule has 0 aliphatic rings. The maximum absolute atomic E-state index is 11.0. The average molecular weight is 214 g/mol. The molecule has 13 heavy (non-hydrogen) atoms. The largest absolute Gasteiger partial charge is 0.295 e. The summed E-state index contributed by atoms with van der Waals surface area (Å²) >= 11 is 11.4. The van der Waals surface area contributed by atoms with Gasteiger partial charge in [-0.3, -0.25) is 4.79 Å². The molecule has 1 aromatic rings. The highest BCUT2D eigenvalue weighted by Gasteiger charge is 2.09. The maximum atomic E-state index is 11.0. The van der Waals surface area contributed by atoms with Crippen molar-refractivity contribution >= 4 is 29.0 Å². The van der Waals surface area contributed by atoms with E-state index in [1.807, 2.05) is 6.07 Å². The number of ketones is 1. The van der Waals surface area contributed by atoms with E-state index < -0.39 is 0 Å². The number of hydrogen-bond donors (Lipinski definition) is 0. The molecule has 1 rings (SSSR count). The summed E-state index contributed by atoms with van der Waals surface area (Å²) in [6, 6.07) is 4.74. The smallest absolute Gasteiger partial charge is 0.159 e. The summed E-state index contributed by atoms with van der Waals surface area (Å²) in [6.07, 6.45) is 0. The van der Waals surface area contributed by atoms with Crippen LogP contribution in [-0.2, 0) is 0 Å². The van der Waals surface area contributed by atoms with Crippen molar-refractivity contribution in [2.75, 3.05) is 0 Å². The zero-order chi connectivity index (χ0) is 10.0. The predicted molar refractivity (Wildman–Crippen MR) is 51.2 cm³/mol. The topological polar surface area (TPSA) is 40.9 Å². The molecule has 0 saturated carbocycles. The van der Waals surface area contributed by atoms with E-state index >= 15 is 0 Å². The van der Waals surface area contributed by atoms with Crippen LogP contribution in [0.25, 0.3) is 0 Å². The van der Waals surface area contributed by atoms with Gasteiger partial charge in [-0.25, -0.2) is 0 Å². The fourth-order valence-corrected chi connectivity index (χ4v) is 1.24. The highest BCUT2D eigenvalue weighted by Crippen LogP contribution is 2.27. The Balaban J connectivity index is 3.41. The van der Waals surface area contributed by atoms with Gasteiger partial charge in [0.15, 0.2) is 5.78 Å². The molecule has 0 bridgehead atoms. The summed E-state index contributed by atoms with van der Waals surface area (Å²) in [7, 11) is 0. The Hall–Kier alpha value is -1.04. The molecule has 0 radical (unpaired) electrons. The lowest BCUT2D eigenvalue weighted by Gasteiger charge is -2.01. The third-order valence-electron chi connectivity index (χ3n) is 1.56. The van der Waals surface area contributed by atoms with E-state index in [1.165, 1.54) is 19.1 Å². The van der Waals surface area contributed by atoms with Gasteiger partial charge in [-0.05, 0) is 19.1 Å². The highest BCUT2D eigenvalue weighted by atomic mass is 35.5. The molecule has 0 saturated heterocycles. The molecule has 0 aliphatic heterocycles. The van der Waals surface area contributed by atoms with E-state index in [0.717, 1.165) is 0 Å². The lowest BCUT2D eigenvalue weighted by atomic mass is 10.1. The molecule has 4 heteroatoms. The number of carbonyl (C=O) groups excluding carboxylic acids is 1. The van der Waals surface area contributed by atoms with Crippen LogP contribution in [0, 0.1) is 11.3 Å². The molecule has 0 unspecified atom stereocenters. The zero-order valence-electron chi connectivity index (χ0n) is 6.77. The van der Waals surface area contributed by atoms with Crippen molar-refractivity contribution < 1.29 is 4.79 Å². The SMILES string of the molecule is CC(=O)c1cc(Cl)c(Cl)c(C#N)c1. The monoisotopic (exact) mass is 213 g/mol. The molecule has 0 heterocycles. The minimum absolute atomic E-state index is 0.143. The second-order valence-corrected chi connectivity index (χ2v) is 3.27. The fraction of sp³-hybridized carbons (Fsp3) is 0.111. The average Bonchev–Trinajstić information content (AvgIpc) is 2.09. The number of nitrogens with zero attached hydrogens (tertiary/aromatic N) is 1. The van der Waals surface area contributed by atoms with E-state index in [2.05, 4.69) is 0 Å². The molecule has 66 valence electrons. The molecule has 0 atom stereocenters. The summed E-state index contributed by atoms with van der Waals surface area (Å²) in [5.74, 6) is -0.143. The standard InChI is InChI=1S/C9H5Cl2NO/c1-5(13)6-2-7(4-12)9(11)8(10)3-6/h2-3H,1H3. The van der Waals surface area contributed by atoms with Crippen molar-refractivity contribution in [2.45, 2.75) is 6.92 Å². The number of hydrogen-bond acceptors (Lipinski definition) is 2. The minimum Gasteiger partial charge on any atom is -0.295 e. The number of Topliss-reactive ketones (excluding diaryl/α,β-unsaturated/α-hetero) is 1. The maximum Gasteiger partial charge on any atom is 0.159 e. The molecular formula is C9H5Cl2NO. The third kappa shape index (κ3) is 2.00. The number of rotatable bonds is 1. The van der Waals surface area contributed by atoms with Gasteiger partial charge in [-0.15, -0.1) is 0 Å². The van der Waals surface area contributed by atoms with Crippen LogP contribution in [0.4, 0.5) is 0 Å². The number of carbonyl (C=O) groups is 1. The van der Waals surface area contributed by atoms with E-state index in [0.29, 0.717) is 5.56 Å². The lowest BCUT2D eigenvalue weighted by molar-refractivity contribution is 0.101. The molecule has 0 aromatic heterocycles. The first-order valence-corrected chi connectivity index (χ1v) is 4.22. The molecule has 0 spiro atoms. The van der Waals surface area contributed by atoms with Gasteiger partial charge >= 0.3 is 0 Å². The number of halogens is 2. The molecule has 0 aliphatic carbocycles. The molecule has 2 nitrogen and oxygen atoms in total. The third-order valence-corrected chi connectivity index (χ3v) is 2.36. The zero-order valence-corrected chi connectivity index (χ0v) is 8.28. The van der Waals surface area contributed by atoms with Gasteiger partial charge in [0.2, 0.25) is 0 Å². The second kappa shape index (κ2) is 3.78. The van der Waals surface area contributed by atoms with Crippen LogP contribution in [-0.4, -0.2) is 5.78 Å². The lowest BCUT2D eigenvalue weighted by Crippen LogP contribution is -1.93. The Bertz CT molecular complexity index is 407. The summed E-state index contributed by atoms with van der Waals surface area (Å²) < 4.78 is 0. The molecule has 1 aromatic carbocycles. The normalized spacial score (nSPS) is 9.38. The molecular weight excluding hydrogens is 209 g/mol. The van der Waals surface area contributed by atoms with Crippen LogP contribution >= 0.6 is 23.2 Å². The van der Waals surface area contributed by atoms with Crippen LogP contribution < -0.4 is 0 Å². The van der Waals surface area contributed by atoms with Crippen LogP contribution in [0.1, 0.15) is 22.8 Å². The van der Waals surface area contributed by atoms with Crippen LogP contribution in [0.5, 0.6) is 0 Å². The van der Waals surface area contributed by atoms with Crippen molar-refractivity contribution in [1.29, 1.82) is 5.26 Å². The Morgan fingerprint density at radius 2 is 2.08 bits per heavy atom. The first kappa shape index (κ1) is 10.0. The number of benzene rings is 1. The number of nitriles is 1. The van der Waals surface area contributed by atoms with Gasteiger partial charge in [0.1, 0.15) is 6.07 Å². The fourth-order valence-electron chi connectivity index (χ4n) is 0.874. The quantitative estimate of drug-likeness (QED) is 0.674. The first-order chi connectivity index (χ1) is 6.06. The van der Waals surface area contributed by atoms with E-state index in [4.69, 9.17) is 28.5 Å². The van der Waals surface area contributed by atoms with Crippen LogP contribution in [0.2, 0.25) is 10.0 Å². The van der Waals surface area contributed by atoms with Crippen molar-refractivity contribution in [3.05, 3.63) is 33.3 Å². The van der Waals surface area contributed by atoms with Gasteiger partial charge in [0.05, 0.1) is 15.6 Å².